The van der Waals surface area contributed by atoms with Crippen molar-refractivity contribution in [3.8, 4) is 0 Å². The number of fused-ring (bicyclic) bond motifs is 1. The van der Waals surface area contributed by atoms with Crippen molar-refractivity contribution in [2.75, 3.05) is 18.0 Å². The zero-order chi connectivity index (χ0) is 18.2. The van der Waals surface area contributed by atoms with Crippen molar-refractivity contribution in [3.05, 3.63) is 63.1 Å². The molecule has 2 aromatic carbocycles. The van der Waals surface area contributed by atoms with Gasteiger partial charge in [-0.25, -0.2) is 8.42 Å². The highest BCUT2D eigenvalue weighted by Crippen LogP contribution is 2.43. The lowest BCUT2D eigenvalue weighted by Gasteiger charge is -2.32. The van der Waals surface area contributed by atoms with Crippen molar-refractivity contribution in [1.29, 1.82) is 0 Å². The van der Waals surface area contributed by atoms with Crippen LogP contribution in [0.5, 0.6) is 0 Å². The molecule has 0 saturated carbocycles. The SMILES string of the molecule is CN[C@@H]1CC[C@H](c2ccc(Cl)c(Cl)c2)c2ccc(NS(C)(=O)=O)cc21. The molecule has 3 rings (SSSR count). The fraction of sp³-hybridized carbons (Fsp3) is 0.333. The lowest BCUT2D eigenvalue weighted by Crippen LogP contribution is -2.24. The molecule has 2 N–H and O–H groups in total. The largest absolute Gasteiger partial charge is 0.313 e. The third-order valence-corrected chi connectivity index (χ3v) is 5.92. The summed E-state index contributed by atoms with van der Waals surface area (Å²) in [6.07, 6.45) is 3.09. The van der Waals surface area contributed by atoms with Gasteiger partial charge in [0.15, 0.2) is 0 Å². The molecule has 1 aliphatic rings. The van der Waals surface area contributed by atoms with Crippen molar-refractivity contribution in [3.63, 3.8) is 0 Å². The maximum Gasteiger partial charge on any atom is 0.229 e. The van der Waals surface area contributed by atoms with Gasteiger partial charge in [0.1, 0.15) is 0 Å². The maximum absolute atomic E-state index is 11.5. The molecule has 0 spiro atoms. The van der Waals surface area contributed by atoms with Gasteiger partial charge in [0.2, 0.25) is 10.0 Å². The first-order valence-electron chi connectivity index (χ1n) is 8.02. The van der Waals surface area contributed by atoms with E-state index in [1.54, 1.807) is 0 Å². The van der Waals surface area contributed by atoms with Gasteiger partial charge in [-0.2, -0.15) is 0 Å². The summed E-state index contributed by atoms with van der Waals surface area (Å²) in [5.74, 6) is 0.210. The Hall–Kier alpha value is -1.27. The van der Waals surface area contributed by atoms with Gasteiger partial charge in [-0.05, 0) is 60.8 Å². The Bertz CT molecular complexity index is 900. The Kier molecular flexibility index (Phi) is 5.30. The van der Waals surface area contributed by atoms with Crippen LogP contribution < -0.4 is 10.0 Å². The van der Waals surface area contributed by atoms with Gasteiger partial charge in [-0.1, -0.05) is 35.3 Å². The molecule has 0 bridgehead atoms. The van der Waals surface area contributed by atoms with Gasteiger partial charge in [0.05, 0.1) is 16.3 Å². The molecule has 0 radical (unpaired) electrons. The lowest BCUT2D eigenvalue weighted by molar-refractivity contribution is 0.471. The van der Waals surface area contributed by atoms with E-state index in [1.165, 1.54) is 5.56 Å². The average Bonchev–Trinajstić information content (AvgIpc) is 2.55. The van der Waals surface area contributed by atoms with Crippen LogP contribution in [-0.2, 0) is 10.0 Å². The van der Waals surface area contributed by atoms with Gasteiger partial charge in [-0.3, -0.25) is 4.72 Å². The number of halogens is 2. The first-order chi connectivity index (χ1) is 11.8. The molecular weight excluding hydrogens is 379 g/mol. The van der Waals surface area contributed by atoms with Crippen LogP contribution >= 0.6 is 23.2 Å². The maximum atomic E-state index is 11.5. The summed E-state index contributed by atoms with van der Waals surface area (Å²) in [7, 11) is -1.39. The third-order valence-electron chi connectivity index (χ3n) is 4.58. The minimum absolute atomic E-state index is 0.190. The van der Waals surface area contributed by atoms with Crippen LogP contribution in [0.2, 0.25) is 10.0 Å². The van der Waals surface area contributed by atoms with E-state index in [0.29, 0.717) is 15.7 Å². The van der Waals surface area contributed by atoms with Gasteiger partial charge in [0.25, 0.3) is 0 Å². The molecule has 0 amide bonds. The Morgan fingerprint density at radius 2 is 1.76 bits per heavy atom. The number of nitrogens with one attached hydrogen (secondary N) is 2. The molecule has 0 heterocycles. The fourth-order valence-corrected chi connectivity index (χ4v) is 4.35. The average molecular weight is 399 g/mol. The number of anilines is 1. The Balaban J connectivity index is 2.04. The van der Waals surface area contributed by atoms with E-state index in [9.17, 15) is 8.42 Å². The highest BCUT2D eigenvalue weighted by atomic mass is 35.5. The smallest absolute Gasteiger partial charge is 0.229 e. The van der Waals surface area contributed by atoms with Crippen molar-refractivity contribution in [2.45, 2.75) is 24.8 Å². The number of hydrogen-bond acceptors (Lipinski definition) is 3. The molecule has 2 atom stereocenters. The van der Waals surface area contributed by atoms with Crippen LogP contribution in [0, 0.1) is 0 Å². The molecule has 0 saturated heterocycles. The highest BCUT2D eigenvalue weighted by molar-refractivity contribution is 7.92. The standard InChI is InChI=1S/C18H20Cl2N2O2S/c1-21-18-8-6-13(11-3-7-16(19)17(20)9-11)14-5-4-12(10-15(14)18)22-25(2,23)24/h3-5,7,9-10,13,18,21-22H,6,8H2,1-2H3/t13-,18-/m1/s1. The van der Waals surface area contributed by atoms with E-state index in [-0.39, 0.29) is 12.0 Å². The topological polar surface area (TPSA) is 58.2 Å². The van der Waals surface area contributed by atoms with Crippen LogP contribution in [-0.4, -0.2) is 21.7 Å². The van der Waals surface area contributed by atoms with E-state index >= 15 is 0 Å². The monoisotopic (exact) mass is 398 g/mol. The van der Waals surface area contributed by atoms with Crippen LogP contribution in [0.3, 0.4) is 0 Å². The molecule has 1 aliphatic carbocycles. The van der Waals surface area contributed by atoms with Gasteiger partial charge >= 0.3 is 0 Å². The Morgan fingerprint density at radius 3 is 2.40 bits per heavy atom. The van der Waals surface area contributed by atoms with E-state index < -0.39 is 10.0 Å². The molecule has 0 aliphatic heterocycles. The summed E-state index contributed by atoms with van der Waals surface area (Å²) < 4.78 is 25.6. The first-order valence-corrected chi connectivity index (χ1v) is 10.7. The number of hydrogen-bond donors (Lipinski definition) is 2. The molecular formula is C18H20Cl2N2O2S. The van der Waals surface area contributed by atoms with E-state index in [0.717, 1.165) is 30.2 Å². The zero-order valence-corrected chi connectivity index (χ0v) is 16.3. The summed E-state index contributed by atoms with van der Waals surface area (Å²) in [6, 6.07) is 11.7. The molecule has 134 valence electrons. The predicted molar refractivity (Wildman–Crippen MR) is 104 cm³/mol. The van der Waals surface area contributed by atoms with Gasteiger partial charge in [-0.15, -0.1) is 0 Å². The summed E-state index contributed by atoms with van der Waals surface area (Å²) in [6.45, 7) is 0. The predicted octanol–water partition coefficient (Wildman–Crippen LogP) is 4.55. The highest BCUT2D eigenvalue weighted by Gasteiger charge is 2.28. The quantitative estimate of drug-likeness (QED) is 0.793. The van der Waals surface area contributed by atoms with Crippen molar-refractivity contribution in [1.82, 2.24) is 5.32 Å². The Morgan fingerprint density at radius 1 is 1.00 bits per heavy atom. The molecule has 0 unspecified atom stereocenters. The second-order valence-electron chi connectivity index (χ2n) is 6.36. The van der Waals surface area contributed by atoms with Crippen LogP contribution in [0.25, 0.3) is 0 Å². The van der Waals surface area contributed by atoms with E-state index in [2.05, 4.69) is 10.0 Å². The molecule has 7 heteroatoms. The van der Waals surface area contributed by atoms with Crippen molar-refractivity contribution in [2.24, 2.45) is 0 Å². The molecule has 0 fully saturated rings. The molecule has 0 aromatic heterocycles. The van der Waals surface area contributed by atoms with E-state index in [1.807, 2.05) is 43.4 Å². The minimum Gasteiger partial charge on any atom is -0.313 e. The van der Waals surface area contributed by atoms with Gasteiger partial charge < -0.3 is 5.32 Å². The summed E-state index contributed by atoms with van der Waals surface area (Å²) in [5.41, 5.74) is 3.99. The minimum atomic E-state index is -3.31. The lowest BCUT2D eigenvalue weighted by atomic mass is 9.76. The van der Waals surface area contributed by atoms with Crippen molar-refractivity contribution < 1.29 is 8.42 Å². The fourth-order valence-electron chi connectivity index (χ4n) is 3.49. The Labute approximate surface area is 158 Å². The molecule has 2 aromatic rings. The molecule has 25 heavy (non-hydrogen) atoms. The second kappa shape index (κ2) is 7.16. The second-order valence-corrected chi connectivity index (χ2v) is 8.93. The summed E-state index contributed by atoms with van der Waals surface area (Å²) >= 11 is 12.2. The van der Waals surface area contributed by atoms with E-state index in [4.69, 9.17) is 23.2 Å². The van der Waals surface area contributed by atoms with Crippen LogP contribution in [0.15, 0.2) is 36.4 Å². The third kappa shape index (κ3) is 4.11. The molecule has 4 nitrogen and oxygen atoms in total. The summed E-state index contributed by atoms with van der Waals surface area (Å²) in [4.78, 5) is 0. The normalized spacial score (nSPS) is 20.2. The van der Waals surface area contributed by atoms with Crippen LogP contribution in [0.4, 0.5) is 5.69 Å². The van der Waals surface area contributed by atoms with Crippen molar-refractivity contribution >= 4 is 38.9 Å². The number of benzene rings is 2. The zero-order valence-electron chi connectivity index (χ0n) is 14.0. The summed E-state index contributed by atoms with van der Waals surface area (Å²) in [5, 5.41) is 4.41. The van der Waals surface area contributed by atoms with Gasteiger partial charge in [0, 0.05) is 17.6 Å². The first kappa shape index (κ1) is 18.5. The number of rotatable bonds is 4. The van der Waals surface area contributed by atoms with Crippen LogP contribution in [0.1, 0.15) is 41.5 Å². The number of sulfonamides is 1.